The van der Waals surface area contributed by atoms with Crippen LogP contribution < -0.4 is 0 Å². The zero-order valence-electron chi connectivity index (χ0n) is 13.0. The highest BCUT2D eigenvalue weighted by molar-refractivity contribution is 6.00. The van der Waals surface area contributed by atoms with E-state index in [1.54, 1.807) is 0 Å². The zero-order valence-corrected chi connectivity index (χ0v) is 13.0. The van der Waals surface area contributed by atoms with Gasteiger partial charge in [-0.15, -0.1) is 0 Å². The summed E-state index contributed by atoms with van der Waals surface area (Å²) in [7, 11) is 0. The highest BCUT2D eigenvalue weighted by Gasteiger charge is 2.56. The second-order valence-corrected chi connectivity index (χ2v) is 6.84. The van der Waals surface area contributed by atoms with E-state index in [-0.39, 0.29) is 23.0 Å². The van der Waals surface area contributed by atoms with Crippen LogP contribution in [0.5, 0.6) is 0 Å². The number of carbonyl (C=O) groups is 1. The number of benzene rings is 2. The van der Waals surface area contributed by atoms with Gasteiger partial charge in [-0.2, -0.15) is 0 Å². The first-order valence-electron chi connectivity index (χ1n) is 8.33. The highest BCUT2D eigenvalue weighted by atomic mass is 16.6. The molecule has 2 aliphatic rings. The molecule has 0 saturated heterocycles. The fourth-order valence-electron chi connectivity index (χ4n) is 4.44. The molecule has 2 aromatic carbocycles. The predicted molar refractivity (Wildman–Crippen MR) is 88.2 cm³/mol. The highest BCUT2D eigenvalue weighted by Crippen LogP contribution is 2.45. The third-order valence-corrected chi connectivity index (χ3v) is 5.60. The standard InChI is InChI=1S/C19H19NO3/c21-18-16-8-2-1-5-11-19(18,20(22)23)12-14-10-9-13-6-3-4-7-15(13)17(14)16/h3-4,6-7,9-10,16H,1-2,5,8,11-12H2/t16-,19-/m1/s1. The van der Waals surface area contributed by atoms with Crippen molar-refractivity contribution in [3.8, 4) is 0 Å². The van der Waals surface area contributed by atoms with E-state index in [2.05, 4.69) is 0 Å². The lowest BCUT2D eigenvalue weighted by molar-refractivity contribution is -0.554. The van der Waals surface area contributed by atoms with E-state index in [0.29, 0.717) is 6.42 Å². The fraction of sp³-hybridized carbons (Fsp3) is 0.421. The average molecular weight is 309 g/mol. The number of rotatable bonds is 1. The van der Waals surface area contributed by atoms with Crippen LogP contribution in [0.15, 0.2) is 36.4 Å². The molecule has 23 heavy (non-hydrogen) atoms. The molecule has 1 saturated carbocycles. The molecule has 4 rings (SSSR count). The van der Waals surface area contributed by atoms with Crippen LogP contribution in [0.25, 0.3) is 10.8 Å². The number of nitrogens with zero attached hydrogens (tertiary/aromatic N) is 1. The van der Waals surface area contributed by atoms with E-state index in [0.717, 1.165) is 47.6 Å². The van der Waals surface area contributed by atoms with E-state index >= 15 is 0 Å². The summed E-state index contributed by atoms with van der Waals surface area (Å²) in [6, 6.07) is 12.1. The minimum absolute atomic E-state index is 0.161. The fourth-order valence-corrected chi connectivity index (χ4v) is 4.44. The van der Waals surface area contributed by atoms with E-state index in [4.69, 9.17) is 0 Å². The lowest BCUT2D eigenvalue weighted by atomic mass is 9.65. The lowest BCUT2D eigenvalue weighted by Crippen LogP contribution is -2.54. The van der Waals surface area contributed by atoms with Gasteiger partial charge < -0.3 is 0 Å². The summed E-state index contributed by atoms with van der Waals surface area (Å²) in [5.41, 5.74) is 0.639. The van der Waals surface area contributed by atoms with Crippen LogP contribution in [0.3, 0.4) is 0 Å². The maximum Gasteiger partial charge on any atom is 0.283 e. The van der Waals surface area contributed by atoms with E-state index in [1.165, 1.54) is 0 Å². The van der Waals surface area contributed by atoms with Crippen LogP contribution in [-0.2, 0) is 11.2 Å². The molecular weight excluding hydrogens is 290 g/mol. The van der Waals surface area contributed by atoms with E-state index in [1.807, 2.05) is 36.4 Å². The molecule has 4 nitrogen and oxygen atoms in total. The van der Waals surface area contributed by atoms with Crippen molar-refractivity contribution < 1.29 is 9.72 Å². The van der Waals surface area contributed by atoms with Crippen molar-refractivity contribution in [2.75, 3.05) is 0 Å². The predicted octanol–water partition coefficient (Wildman–Crippen LogP) is 4.03. The number of carbonyl (C=O) groups excluding carboxylic acids is 1. The first kappa shape index (κ1) is 14.4. The molecule has 1 fully saturated rings. The SMILES string of the molecule is O=C1[C@@H]2CCCCC[C@@]1([N+](=O)[O-])Cc1ccc3ccccc3c12. The number of fused-ring (bicyclic) bond motifs is 6. The van der Waals surface area contributed by atoms with Gasteiger partial charge in [0.15, 0.2) is 0 Å². The first-order chi connectivity index (χ1) is 11.1. The van der Waals surface area contributed by atoms with Crippen LogP contribution in [0.4, 0.5) is 0 Å². The van der Waals surface area contributed by atoms with Crippen molar-refractivity contribution in [3.05, 3.63) is 57.6 Å². The van der Waals surface area contributed by atoms with Crippen molar-refractivity contribution in [3.63, 3.8) is 0 Å². The summed E-state index contributed by atoms with van der Waals surface area (Å²) in [4.78, 5) is 24.6. The molecule has 4 heteroatoms. The quantitative estimate of drug-likeness (QED) is 0.590. The van der Waals surface area contributed by atoms with E-state index < -0.39 is 5.54 Å². The Morgan fingerprint density at radius 1 is 1.09 bits per heavy atom. The Bertz CT molecular complexity index is 813. The van der Waals surface area contributed by atoms with Gasteiger partial charge in [0.05, 0.1) is 12.3 Å². The third kappa shape index (κ3) is 2.01. The lowest BCUT2D eigenvalue weighted by Gasteiger charge is -2.36. The molecule has 0 aromatic heterocycles. The smallest absolute Gasteiger partial charge is 0.283 e. The largest absolute Gasteiger partial charge is 0.291 e. The minimum atomic E-state index is -1.40. The van der Waals surface area contributed by atoms with Crippen molar-refractivity contribution >= 4 is 16.6 Å². The molecule has 2 bridgehead atoms. The van der Waals surface area contributed by atoms with Crippen LogP contribution in [0.2, 0.25) is 0 Å². The van der Waals surface area contributed by atoms with Gasteiger partial charge in [0.25, 0.3) is 5.54 Å². The maximum absolute atomic E-state index is 13.1. The molecule has 2 atom stereocenters. The second kappa shape index (κ2) is 5.15. The third-order valence-electron chi connectivity index (χ3n) is 5.60. The van der Waals surface area contributed by atoms with Crippen molar-refractivity contribution in [2.24, 2.45) is 0 Å². The monoisotopic (exact) mass is 309 g/mol. The van der Waals surface area contributed by atoms with Crippen LogP contribution in [0.1, 0.15) is 49.1 Å². The second-order valence-electron chi connectivity index (χ2n) is 6.84. The van der Waals surface area contributed by atoms with Crippen molar-refractivity contribution in [1.82, 2.24) is 0 Å². The molecule has 0 aliphatic heterocycles. The summed E-state index contributed by atoms with van der Waals surface area (Å²) in [6.07, 6.45) is 4.06. The summed E-state index contributed by atoms with van der Waals surface area (Å²) in [5.74, 6) is -0.485. The first-order valence-corrected chi connectivity index (χ1v) is 8.33. The molecule has 0 heterocycles. The van der Waals surface area contributed by atoms with Gasteiger partial charge in [-0.1, -0.05) is 49.2 Å². The van der Waals surface area contributed by atoms with Crippen LogP contribution in [-0.4, -0.2) is 16.2 Å². The summed E-state index contributed by atoms with van der Waals surface area (Å²) < 4.78 is 0. The molecule has 0 spiro atoms. The molecule has 118 valence electrons. The van der Waals surface area contributed by atoms with Gasteiger partial charge in [-0.3, -0.25) is 14.9 Å². The molecule has 2 aliphatic carbocycles. The average Bonchev–Trinajstić information content (AvgIpc) is 2.56. The summed E-state index contributed by atoms with van der Waals surface area (Å²) in [6.45, 7) is 0. The van der Waals surface area contributed by atoms with Gasteiger partial charge in [0.2, 0.25) is 5.78 Å². The Labute approximate surface area is 134 Å². The van der Waals surface area contributed by atoms with Gasteiger partial charge in [-0.05, 0) is 34.7 Å². The summed E-state index contributed by atoms with van der Waals surface area (Å²) in [5, 5.41) is 14.0. The van der Waals surface area contributed by atoms with Gasteiger partial charge in [-0.25, -0.2) is 0 Å². The Morgan fingerprint density at radius 2 is 1.91 bits per heavy atom. The number of nitro groups is 1. The van der Waals surface area contributed by atoms with E-state index in [9.17, 15) is 14.9 Å². The van der Waals surface area contributed by atoms with Crippen molar-refractivity contribution in [1.29, 1.82) is 0 Å². The Hall–Kier alpha value is -2.23. The Balaban J connectivity index is 1.99. The maximum atomic E-state index is 13.1. The Morgan fingerprint density at radius 3 is 2.74 bits per heavy atom. The molecule has 2 aromatic rings. The molecule has 0 radical (unpaired) electrons. The minimum Gasteiger partial charge on any atom is -0.291 e. The Kier molecular flexibility index (Phi) is 3.22. The van der Waals surface area contributed by atoms with Gasteiger partial charge in [0, 0.05) is 11.3 Å². The number of hydrogen-bond acceptors (Lipinski definition) is 3. The topological polar surface area (TPSA) is 60.2 Å². The number of ketones is 1. The molecule has 0 N–H and O–H groups in total. The van der Waals surface area contributed by atoms with Gasteiger partial charge >= 0.3 is 0 Å². The number of Topliss-reactive ketones (excluding diaryl/α,β-unsaturated/α-hetero) is 1. The van der Waals surface area contributed by atoms with Gasteiger partial charge in [0.1, 0.15) is 0 Å². The summed E-state index contributed by atoms with van der Waals surface area (Å²) >= 11 is 0. The van der Waals surface area contributed by atoms with Crippen LogP contribution >= 0.6 is 0 Å². The normalized spacial score (nSPS) is 27.1. The number of hydrogen-bond donors (Lipinski definition) is 0. The van der Waals surface area contributed by atoms with Crippen LogP contribution in [0, 0.1) is 10.1 Å². The molecule has 0 unspecified atom stereocenters. The van der Waals surface area contributed by atoms with Crippen molar-refractivity contribution in [2.45, 2.75) is 50.0 Å². The molecular formula is C19H19NO3. The zero-order chi connectivity index (χ0) is 16.0. The molecule has 0 amide bonds.